The number of nitrogens with zero attached hydrogens (tertiary/aromatic N) is 1. The van der Waals surface area contributed by atoms with Crippen molar-refractivity contribution in [3.05, 3.63) is 0 Å². The third-order valence-corrected chi connectivity index (χ3v) is 2.19. The second-order valence-electron chi connectivity index (χ2n) is 3.28. The minimum Gasteiger partial charge on any atom is -0.396 e. The molecule has 11 heavy (non-hydrogen) atoms. The molecule has 0 amide bonds. The smallest absolute Gasteiger partial charge is 0.0431 e. The number of likely N-dealkylation sites (tertiary alicyclic amines) is 1. The van der Waals surface area contributed by atoms with E-state index in [4.69, 9.17) is 10.8 Å². The first-order valence-corrected chi connectivity index (χ1v) is 4.41. The van der Waals surface area contributed by atoms with E-state index in [9.17, 15) is 0 Å². The average Bonchev–Trinajstić information content (AvgIpc) is 2.37. The van der Waals surface area contributed by atoms with Crippen molar-refractivity contribution in [2.75, 3.05) is 26.2 Å². The summed E-state index contributed by atoms with van der Waals surface area (Å²) >= 11 is 0. The zero-order chi connectivity index (χ0) is 8.10. The quantitative estimate of drug-likeness (QED) is 0.557. The van der Waals surface area contributed by atoms with Gasteiger partial charge in [0.25, 0.3) is 0 Å². The molecule has 0 aromatic heterocycles. The van der Waals surface area contributed by atoms with Gasteiger partial charge in [-0.3, -0.25) is 0 Å². The van der Waals surface area contributed by atoms with Crippen LogP contribution in [0.1, 0.15) is 19.3 Å². The first kappa shape index (κ1) is 8.97. The summed E-state index contributed by atoms with van der Waals surface area (Å²) in [6.45, 7) is 3.62. The first-order valence-electron chi connectivity index (χ1n) is 4.41. The fourth-order valence-corrected chi connectivity index (χ4v) is 1.51. The second kappa shape index (κ2) is 4.70. The summed E-state index contributed by atoms with van der Waals surface area (Å²) in [5.41, 5.74) is 5.74. The molecule has 1 heterocycles. The predicted octanol–water partition coefficient (Wildman–Crippen LogP) is -0.208. The van der Waals surface area contributed by atoms with Gasteiger partial charge in [0.15, 0.2) is 0 Å². The molecule has 0 bridgehead atoms. The molecule has 0 unspecified atom stereocenters. The Morgan fingerprint density at radius 2 is 2.27 bits per heavy atom. The van der Waals surface area contributed by atoms with Crippen molar-refractivity contribution < 1.29 is 5.11 Å². The zero-order valence-corrected chi connectivity index (χ0v) is 7.00. The summed E-state index contributed by atoms with van der Waals surface area (Å²) in [5.74, 6) is 0. The molecule has 0 saturated carbocycles. The van der Waals surface area contributed by atoms with Crippen molar-refractivity contribution in [1.29, 1.82) is 0 Å². The molecule has 1 atom stereocenters. The standard InChI is InChI=1S/C8H18N2O/c9-8-3-5-10(7-8)4-1-2-6-11/h8,11H,1-7,9H2/t8-/m1/s1. The van der Waals surface area contributed by atoms with Crippen LogP contribution in [-0.2, 0) is 0 Å². The van der Waals surface area contributed by atoms with Gasteiger partial charge in [0.2, 0.25) is 0 Å². The van der Waals surface area contributed by atoms with Gasteiger partial charge in [-0.2, -0.15) is 0 Å². The molecule has 1 fully saturated rings. The van der Waals surface area contributed by atoms with Gasteiger partial charge in [-0.15, -0.1) is 0 Å². The number of nitrogens with two attached hydrogens (primary N) is 1. The van der Waals surface area contributed by atoms with E-state index in [2.05, 4.69) is 4.90 Å². The van der Waals surface area contributed by atoms with Gasteiger partial charge < -0.3 is 15.7 Å². The number of hydrogen-bond donors (Lipinski definition) is 2. The van der Waals surface area contributed by atoms with Gasteiger partial charge in [-0.25, -0.2) is 0 Å². The fourth-order valence-electron chi connectivity index (χ4n) is 1.51. The number of unbranched alkanes of at least 4 members (excludes halogenated alkanes) is 1. The Balaban J connectivity index is 1.99. The summed E-state index contributed by atoms with van der Waals surface area (Å²) < 4.78 is 0. The Bertz CT molecular complexity index is 108. The lowest BCUT2D eigenvalue weighted by Gasteiger charge is -2.13. The topological polar surface area (TPSA) is 49.5 Å². The Labute approximate surface area is 68.2 Å². The predicted molar refractivity (Wildman–Crippen MR) is 45.4 cm³/mol. The van der Waals surface area contributed by atoms with E-state index in [1.807, 2.05) is 0 Å². The lowest BCUT2D eigenvalue weighted by molar-refractivity contribution is 0.263. The van der Waals surface area contributed by atoms with E-state index in [0.717, 1.165) is 38.9 Å². The van der Waals surface area contributed by atoms with Crippen molar-refractivity contribution in [2.24, 2.45) is 5.73 Å². The number of aliphatic hydroxyl groups excluding tert-OH is 1. The summed E-state index contributed by atoms with van der Waals surface area (Å²) in [7, 11) is 0. The molecule has 0 aromatic rings. The molecule has 3 nitrogen and oxygen atoms in total. The van der Waals surface area contributed by atoms with E-state index in [-0.39, 0.29) is 0 Å². The maximum Gasteiger partial charge on any atom is 0.0431 e. The van der Waals surface area contributed by atoms with Crippen LogP contribution in [0, 0.1) is 0 Å². The van der Waals surface area contributed by atoms with Crippen LogP contribution in [0.4, 0.5) is 0 Å². The van der Waals surface area contributed by atoms with Crippen LogP contribution in [0.3, 0.4) is 0 Å². The summed E-state index contributed by atoms with van der Waals surface area (Å²) in [6, 6.07) is 0.393. The summed E-state index contributed by atoms with van der Waals surface area (Å²) in [4.78, 5) is 2.38. The highest BCUT2D eigenvalue weighted by molar-refractivity contribution is 4.77. The Hall–Kier alpha value is -0.120. The van der Waals surface area contributed by atoms with Crippen molar-refractivity contribution in [3.63, 3.8) is 0 Å². The van der Waals surface area contributed by atoms with Crippen LogP contribution < -0.4 is 5.73 Å². The van der Waals surface area contributed by atoms with Gasteiger partial charge in [-0.05, 0) is 32.4 Å². The SMILES string of the molecule is N[C@@H]1CCN(CCCCO)C1. The minimum atomic E-state index is 0.319. The molecule has 3 heteroatoms. The van der Waals surface area contributed by atoms with Crippen molar-refractivity contribution in [3.8, 4) is 0 Å². The Morgan fingerprint density at radius 3 is 2.82 bits per heavy atom. The highest BCUT2D eigenvalue weighted by Crippen LogP contribution is 2.07. The second-order valence-corrected chi connectivity index (χ2v) is 3.28. The van der Waals surface area contributed by atoms with Gasteiger partial charge in [0, 0.05) is 19.2 Å². The Morgan fingerprint density at radius 1 is 1.45 bits per heavy atom. The summed E-state index contributed by atoms with van der Waals surface area (Å²) in [5, 5.41) is 8.55. The molecule has 66 valence electrons. The molecule has 1 rings (SSSR count). The number of hydrogen-bond acceptors (Lipinski definition) is 3. The Kier molecular flexibility index (Phi) is 3.83. The van der Waals surface area contributed by atoms with Gasteiger partial charge in [-0.1, -0.05) is 0 Å². The zero-order valence-electron chi connectivity index (χ0n) is 7.00. The van der Waals surface area contributed by atoms with Crippen LogP contribution in [0.5, 0.6) is 0 Å². The molecule has 1 aliphatic heterocycles. The molecular weight excluding hydrogens is 140 g/mol. The number of aliphatic hydroxyl groups is 1. The van der Waals surface area contributed by atoms with E-state index >= 15 is 0 Å². The summed E-state index contributed by atoms with van der Waals surface area (Å²) in [6.07, 6.45) is 3.16. The molecule has 0 aromatic carbocycles. The van der Waals surface area contributed by atoms with E-state index in [1.165, 1.54) is 0 Å². The molecule has 0 spiro atoms. The third kappa shape index (κ3) is 3.18. The molecule has 1 aliphatic rings. The van der Waals surface area contributed by atoms with Crippen LogP contribution >= 0.6 is 0 Å². The lowest BCUT2D eigenvalue weighted by Crippen LogP contribution is -2.27. The largest absolute Gasteiger partial charge is 0.396 e. The maximum atomic E-state index is 8.55. The van der Waals surface area contributed by atoms with Crippen LogP contribution in [0.2, 0.25) is 0 Å². The normalized spacial score (nSPS) is 26.2. The molecular formula is C8H18N2O. The van der Waals surface area contributed by atoms with Crippen LogP contribution in [0.25, 0.3) is 0 Å². The van der Waals surface area contributed by atoms with Crippen molar-refractivity contribution in [1.82, 2.24) is 4.90 Å². The van der Waals surface area contributed by atoms with Gasteiger partial charge >= 0.3 is 0 Å². The lowest BCUT2D eigenvalue weighted by atomic mass is 10.3. The first-order chi connectivity index (χ1) is 5.33. The van der Waals surface area contributed by atoms with E-state index in [0.29, 0.717) is 12.6 Å². The van der Waals surface area contributed by atoms with Crippen LogP contribution in [-0.4, -0.2) is 42.3 Å². The third-order valence-electron chi connectivity index (χ3n) is 2.19. The van der Waals surface area contributed by atoms with E-state index in [1.54, 1.807) is 0 Å². The van der Waals surface area contributed by atoms with Crippen molar-refractivity contribution in [2.45, 2.75) is 25.3 Å². The monoisotopic (exact) mass is 158 g/mol. The molecule has 3 N–H and O–H groups in total. The average molecular weight is 158 g/mol. The number of rotatable bonds is 4. The van der Waals surface area contributed by atoms with Gasteiger partial charge in [0.1, 0.15) is 0 Å². The molecule has 0 aliphatic carbocycles. The van der Waals surface area contributed by atoms with Crippen molar-refractivity contribution >= 4 is 0 Å². The molecule has 1 saturated heterocycles. The van der Waals surface area contributed by atoms with Gasteiger partial charge in [0.05, 0.1) is 0 Å². The highest BCUT2D eigenvalue weighted by atomic mass is 16.2. The molecule has 0 radical (unpaired) electrons. The van der Waals surface area contributed by atoms with Crippen LogP contribution in [0.15, 0.2) is 0 Å². The minimum absolute atomic E-state index is 0.319. The van der Waals surface area contributed by atoms with E-state index < -0.39 is 0 Å². The maximum absolute atomic E-state index is 8.55. The highest BCUT2D eigenvalue weighted by Gasteiger charge is 2.17. The fraction of sp³-hybridized carbons (Fsp3) is 1.00.